The number of nitrogens with one attached hydrogen (secondary N) is 1. The summed E-state index contributed by atoms with van der Waals surface area (Å²) in [6, 6.07) is 14.0. The fourth-order valence-corrected chi connectivity index (χ4v) is 3.24. The van der Waals surface area contributed by atoms with Crippen molar-refractivity contribution in [2.75, 3.05) is 5.32 Å². The molecule has 0 aliphatic carbocycles. The summed E-state index contributed by atoms with van der Waals surface area (Å²) in [7, 11) is 0. The van der Waals surface area contributed by atoms with Crippen molar-refractivity contribution in [3.05, 3.63) is 58.1 Å². The van der Waals surface area contributed by atoms with E-state index in [0.29, 0.717) is 5.75 Å². The Kier molecular flexibility index (Phi) is 8.17. The Labute approximate surface area is 165 Å². The highest BCUT2D eigenvalue weighted by atomic mass is 79.9. The molecule has 2 aromatic rings. The maximum atomic E-state index is 12.4. The van der Waals surface area contributed by atoms with Crippen LogP contribution in [0.1, 0.15) is 51.2 Å². The van der Waals surface area contributed by atoms with Gasteiger partial charge >= 0.3 is 0 Å². The Hall–Kier alpha value is -1.81. The lowest BCUT2D eigenvalue weighted by Crippen LogP contribution is -2.30. The van der Waals surface area contributed by atoms with Crippen LogP contribution in [0.5, 0.6) is 5.75 Å². The number of carbonyl (C=O) groups excluding carboxylic acids is 1. The van der Waals surface area contributed by atoms with Crippen molar-refractivity contribution < 1.29 is 9.53 Å². The number of ether oxygens (including phenoxy) is 1. The zero-order chi connectivity index (χ0) is 18.9. The normalized spacial score (nSPS) is 11.8. The first-order valence-electron chi connectivity index (χ1n) is 9.38. The van der Waals surface area contributed by atoms with E-state index >= 15 is 0 Å². The number of benzene rings is 2. The van der Waals surface area contributed by atoms with Crippen molar-refractivity contribution in [1.82, 2.24) is 0 Å². The van der Waals surface area contributed by atoms with Crippen LogP contribution < -0.4 is 10.1 Å². The average molecular weight is 418 g/mol. The van der Waals surface area contributed by atoms with Crippen LogP contribution in [0.15, 0.2) is 46.9 Å². The van der Waals surface area contributed by atoms with Crippen molar-refractivity contribution in [2.24, 2.45) is 0 Å². The first-order valence-corrected chi connectivity index (χ1v) is 10.2. The summed E-state index contributed by atoms with van der Waals surface area (Å²) >= 11 is 3.55. The van der Waals surface area contributed by atoms with Crippen LogP contribution in [-0.4, -0.2) is 12.0 Å². The maximum absolute atomic E-state index is 12.4. The van der Waals surface area contributed by atoms with Gasteiger partial charge in [0.25, 0.3) is 5.91 Å². The molecule has 140 valence electrons. The molecule has 4 heteroatoms. The van der Waals surface area contributed by atoms with Gasteiger partial charge in [-0.05, 0) is 77.5 Å². The van der Waals surface area contributed by atoms with Crippen molar-refractivity contribution in [3.63, 3.8) is 0 Å². The second-order valence-corrected chi connectivity index (χ2v) is 7.42. The van der Waals surface area contributed by atoms with Crippen LogP contribution in [0.3, 0.4) is 0 Å². The van der Waals surface area contributed by atoms with Gasteiger partial charge in [-0.3, -0.25) is 4.79 Å². The molecule has 0 radical (unpaired) electrons. The van der Waals surface area contributed by atoms with E-state index < -0.39 is 6.10 Å². The topological polar surface area (TPSA) is 38.3 Å². The highest BCUT2D eigenvalue weighted by Crippen LogP contribution is 2.25. The van der Waals surface area contributed by atoms with Gasteiger partial charge < -0.3 is 10.1 Å². The van der Waals surface area contributed by atoms with E-state index in [0.717, 1.165) is 29.4 Å². The lowest BCUT2D eigenvalue weighted by atomic mass is 10.1. The molecule has 26 heavy (non-hydrogen) atoms. The van der Waals surface area contributed by atoms with Crippen molar-refractivity contribution in [2.45, 2.75) is 59.0 Å². The molecular formula is C22H28BrNO2. The standard InChI is InChI=1S/C22H28BrNO2/c1-4-6-8-18-11-14-21(20(23)15-18)24-22(25)16(3)26-19-12-9-17(7-5-2)10-13-19/h9-16H,4-8H2,1-3H3,(H,24,25). The second kappa shape index (κ2) is 10.4. The zero-order valence-corrected chi connectivity index (χ0v) is 17.4. The minimum Gasteiger partial charge on any atom is -0.481 e. The quantitative estimate of drug-likeness (QED) is 0.530. The molecule has 1 amide bonds. The number of halogens is 1. The number of amides is 1. The van der Waals surface area contributed by atoms with E-state index in [1.807, 2.05) is 18.2 Å². The van der Waals surface area contributed by atoms with Gasteiger partial charge in [0.05, 0.1) is 5.69 Å². The summed E-state index contributed by atoms with van der Waals surface area (Å²) in [6.45, 7) is 6.10. The first kappa shape index (κ1) is 20.5. The molecule has 0 saturated heterocycles. The second-order valence-electron chi connectivity index (χ2n) is 6.56. The molecule has 2 rings (SSSR count). The van der Waals surface area contributed by atoms with Crippen molar-refractivity contribution in [1.29, 1.82) is 0 Å². The third-order valence-electron chi connectivity index (χ3n) is 4.25. The molecule has 0 bridgehead atoms. The van der Waals surface area contributed by atoms with Crippen LogP contribution in [-0.2, 0) is 17.6 Å². The summed E-state index contributed by atoms with van der Waals surface area (Å²) in [5, 5.41) is 2.93. The smallest absolute Gasteiger partial charge is 0.265 e. The van der Waals surface area contributed by atoms with Gasteiger partial charge in [-0.25, -0.2) is 0 Å². The molecule has 0 heterocycles. The molecule has 0 fully saturated rings. The van der Waals surface area contributed by atoms with Crippen LogP contribution in [0.25, 0.3) is 0 Å². The summed E-state index contributed by atoms with van der Waals surface area (Å²) in [5.41, 5.74) is 3.32. The average Bonchev–Trinajstić information content (AvgIpc) is 2.63. The van der Waals surface area contributed by atoms with E-state index in [2.05, 4.69) is 59.4 Å². The summed E-state index contributed by atoms with van der Waals surface area (Å²) < 4.78 is 6.67. The van der Waals surface area contributed by atoms with Gasteiger partial charge in [-0.1, -0.05) is 44.9 Å². The number of hydrogen-bond acceptors (Lipinski definition) is 2. The minimum absolute atomic E-state index is 0.162. The highest BCUT2D eigenvalue weighted by Gasteiger charge is 2.16. The summed E-state index contributed by atoms with van der Waals surface area (Å²) in [4.78, 5) is 12.4. The SMILES string of the molecule is CCCCc1ccc(NC(=O)C(C)Oc2ccc(CCC)cc2)c(Br)c1. The van der Waals surface area contributed by atoms with Crippen LogP contribution in [0.2, 0.25) is 0 Å². The van der Waals surface area contributed by atoms with Gasteiger partial charge in [0.2, 0.25) is 0 Å². The number of anilines is 1. The first-order chi connectivity index (χ1) is 12.5. The Morgan fingerprint density at radius 2 is 1.73 bits per heavy atom. The van der Waals surface area contributed by atoms with Gasteiger partial charge in [0.15, 0.2) is 6.10 Å². The predicted molar refractivity (Wildman–Crippen MR) is 112 cm³/mol. The number of carbonyl (C=O) groups is 1. The van der Waals surface area contributed by atoms with E-state index in [1.165, 1.54) is 24.0 Å². The van der Waals surface area contributed by atoms with E-state index in [1.54, 1.807) is 6.92 Å². The predicted octanol–water partition coefficient (Wildman–Crippen LogP) is 6.15. The highest BCUT2D eigenvalue weighted by molar-refractivity contribution is 9.10. The molecular weight excluding hydrogens is 390 g/mol. The monoisotopic (exact) mass is 417 g/mol. The lowest BCUT2D eigenvalue weighted by Gasteiger charge is -2.16. The molecule has 0 aliphatic rings. The van der Waals surface area contributed by atoms with Crippen molar-refractivity contribution >= 4 is 27.5 Å². The maximum Gasteiger partial charge on any atom is 0.265 e. The fourth-order valence-electron chi connectivity index (χ4n) is 2.71. The molecule has 1 atom stereocenters. The third-order valence-corrected chi connectivity index (χ3v) is 4.91. The molecule has 0 saturated carbocycles. The number of hydrogen-bond donors (Lipinski definition) is 1. The minimum atomic E-state index is -0.571. The van der Waals surface area contributed by atoms with Gasteiger partial charge in [0.1, 0.15) is 5.75 Å². The van der Waals surface area contributed by atoms with Crippen molar-refractivity contribution in [3.8, 4) is 5.75 Å². The van der Waals surface area contributed by atoms with Crippen LogP contribution in [0.4, 0.5) is 5.69 Å². The molecule has 3 nitrogen and oxygen atoms in total. The Morgan fingerprint density at radius 3 is 2.35 bits per heavy atom. The van der Waals surface area contributed by atoms with Crippen LogP contribution in [0, 0.1) is 0 Å². The largest absolute Gasteiger partial charge is 0.481 e. The third kappa shape index (κ3) is 6.17. The summed E-state index contributed by atoms with van der Waals surface area (Å²) in [5.74, 6) is 0.547. The van der Waals surface area contributed by atoms with Crippen LogP contribution >= 0.6 is 15.9 Å². The Balaban J connectivity index is 1.93. The lowest BCUT2D eigenvalue weighted by molar-refractivity contribution is -0.122. The van der Waals surface area contributed by atoms with E-state index in [-0.39, 0.29) is 5.91 Å². The molecule has 2 aromatic carbocycles. The van der Waals surface area contributed by atoms with Gasteiger partial charge in [-0.15, -0.1) is 0 Å². The molecule has 0 aromatic heterocycles. The zero-order valence-electron chi connectivity index (χ0n) is 15.8. The van der Waals surface area contributed by atoms with Gasteiger partial charge in [0, 0.05) is 4.47 Å². The van der Waals surface area contributed by atoms with E-state index in [4.69, 9.17) is 4.74 Å². The van der Waals surface area contributed by atoms with Gasteiger partial charge in [-0.2, -0.15) is 0 Å². The Morgan fingerprint density at radius 1 is 1.04 bits per heavy atom. The molecule has 0 spiro atoms. The molecule has 1 N–H and O–H groups in total. The number of aryl methyl sites for hydroxylation is 2. The number of rotatable bonds is 9. The fraction of sp³-hybridized carbons (Fsp3) is 0.409. The Bertz CT molecular complexity index is 713. The molecule has 1 unspecified atom stereocenters. The molecule has 0 aliphatic heterocycles. The number of unbranched alkanes of at least 4 members (excludes halogenated alkanes) is 1. The summed E-state index contributed by atoms with van der Waals surface area (Å²) in [6.07, 6.45) is 4.99. The van der Waals surface area contributed by atoms with E-state index in [9.17, 15) is 4.79 Å².